The predicted molar refractivity (Wildman–Crippen MR) is 83.2 cm³/mol. The predicted octanol–water partition coefficient (Wildman–Crippen LogP) is 1.83. The monoisotopic (exact) mass is 302 g/mol. The minimum absolute atomic E-state index is 0.00547. The second-order valence-electron chi connectivity index (χ2n) is 6.08. The van der Waals surface area contributed by atoms with Crippen molar-refractivity contribution in [1.29, 1.82) is 0 Å². The third-order valence-corrected chi connectivity index (χ3v) is 4.33. The minimum Gasteiger partial charge on any atom is -0.396 e. The molecule has 2 N–H and O–H groups in total. The molecule has 1 aromatic carbocycles. The summed E-state index contributed by atoms with van der Waals surface area (Å²) in [6.07, 6.45) is 0.328. The summed E-state index contributed by atoms with van der Waals surface area (Å²) >= 11 is 0. The topological polar surface area (TPSA) is 69.7 Å². The van der Waals surface area contributed by atoms with Gasteiger partial charge in [-0.15, -0.1) is 0 Å². The van der Waals surface area contributed by atoms with Crippen molar-refractivity contribution < 1.29 is 14.7 Å². The molecule has 0 radical (unpaired) electrons. The van der Waals surface area contributed by atoms with E-state index in [1.165, 1.54) is 5.56 Å². The van der Waals surface area contributed by atoms with Crippen molar-refractivity contribution in [2.75, 3.05) is 19.7 Å². The summed E-state index contributed by atoms with van der Waals surface area (Å²) in [5.41, 5.74) is 3.09. The van der Waals surface area contributed by atoms with Gasteiger partial charge in [0.25, 0.3) is 0 Å². The Labute approximate surface area is 130 Å². The van der Waals surface area contributed by atoms with Gasteiger partial charge in [0.15, 0.2) is 5.76 Å². The molecule has 0 amide bonds. The summed E-state index contributed by atoms with van der Waals surface area (Å²) in [7, 11) is 0. The summed E-state index contributed by atoms with van der Waals surface area (Å²) < 4.78 is 5.42. The van der Waals surface area contributed by atoms with Gasteiger partial charge < -0.3 is 14.7 Å². The second-order valence-corrected chi connectivity index (χ2v) is 6.08. The summed E-state index contributed by atoms with van der Waals surface area (Å²) in [5.74, 6) is 0.791. The number of aromatic nitrogens is 1. The van der Waals surface area contributed by atoms with Crippen LogP contribution in [0, 0.1) is 12.8 Å². The van der Waals surface area contributed by atoms with Crippen molar-refractivity contribution in [3.63, 3.8) is 0 Å². The van der Waals surface area contributed by atoms with E-state index in [0.29, 0.717) is 13.1 Å². The fraction of sp³-hybridized carbons (Fsp3) is 0.471. The molecule has 1 aliphatic rings. The number of nitrogens with zero attached hydrogens (tertiary/aromatic N) is 2. The molecule has 118 valence electrons. The van der Waals surface area contributed by atoms with Gasteiger partial charge in [-0.3, -0.25) is 4.90 Å². The molecule has 5 heteroatoms. The molecule has 2 unspecified atom stereocenters. The van der Waals surface area contributed by atoms with Gasteiger partial charge in [-0.05, 0) is 19.9 Å². The average Bonchev–Trinajstić information content (AvgIpc) is 2.97. The van der Waals surface area contributed by atoms with Crippen LogP contribution < -0.4 is 0 Å². The van der Waals surface area contributed by atoms with Gasteiger partial charge in [0.2, 0.25) is 0 Å². The first-order chi connectivity index (χ1) is 10.7. The lowest BCUT2D eigenvalue weighted by molar-refractivity contribution is -0.00667. The molecule has 1 aromatic heterocycles. The van der Waals surface area contributed by atoms with Crippen LogP contribution in [0.5, 0.6) is 0 Å². The van der Waals surface area contributed by atoms with E-state index in [2.05, 4.69) is 29.1 Å². The Morgan fingerprint density at radius 1 is 1.32 bits per heavy atom. The van der Waals surface area contributed by atoms with Crippen LogP contribution in [0.15, 0.2) is 34.9 Å². The van der Waals surface area contributed by atoms with Gasteiger partial charge in [-0.2, -0.15) is 0 Å². The Kier molecular flexibility index (Phi) is 4.57. The number of aliphatic hydroxyl groups is 2. The number of rotatable bonds is 4. The third kappa shape index (κ3) is 3.38. The van der Waals surface area contributed by atoms with Gasteiger partial charge in [-0.25, -0.2) is 0 Å². The molecular weight excluding hydrogens is 280 g/mol. The molecule has 0 spiro atoms. The molecule has 0 saturated carbocycles. The van der Waals surface area contributed by atoms with E-state index in [1.807, 2.05) is 18.2 Å². The maximum atomic E-state index is 9.98. The molecule has 0 aliphatic carbocycles. The summed E-state index contributed by atoms with van der Waals surface area (Å²) in [6.45, 7) is 4.15. The van der Waals surface area contributed by atoms with Crippen LogP contribution in [-0.4, -0.2) is 46.1 Å². The molecule has 5 nitrogen and oxygen atoms in total. The van der Waals surface area contributed by atoms with Crippen LogP contribution in [-0.2, 0) is 6.54 Å². The molecular formula is C17H22N2O3. The third-order valence-electron chi connectivity index (χ3n) is 4.33. The van der Waals surface area contributed by atoms with Crippen molar-refractivity contribution in [3.8, 4) is 11.3 Å². The zero-order valence-electron chi connectivity index (χ0n) is 12.8. The van der Waals surface area contributed by atoms with Crippen LogP contribution in [0.4, 0.5) is 0 Å². The lowest BCUT2D eigenvalue weighted by Gasteiger charge is -2.34. The van der Waals surface area contributed by atoms with E-state index in [0.717, 1.165) is 30.0 Å². The largest absolute Gasteiger partial charge is 0.396 e. The lowest BCUT2D eigenvalue weighted by atomic mass is 9.95. The van der Waals surface area contributed by atoms with Gasteiger partial charge in [0.1, 0.15) is 5.69 Å². The van der Waals surface area contributed by atoms with Gasteiger partial charge in [0, 0.05) is 30.7 Å². The standard InChI is InChI=1S/C17H22N2O3/c1-12-2-4-13(5-3-12)16-8-15(22-18-16)9-19-7-6-14(11-20)17(21)10-19/h2-5,8,14,17,20-21H,6-7,9-11H2,1H3. The Morgan fingerprint density at radius 3 is 2.77 bits per heavy atom. The molecule has 1 fully saturated rings. The van der Waals surface area contributed by atoms with E-state index in [4.69, 9.17) is 4.52 Å². The number of hydrogen-bond donors (Lipinski definition) is 2. The van der Waals surface area contributed by atoms with Gasteiger partial charge in [0.05, 0.1) is 12.6 Å². The number of hydrogen-bond acceptors (Lipinski definition) is 5. The highest BCUT2D eigenvalue weighted by Gasteiger charge is 2.27. The van der Waals surface area contributed by atoms with Crippen molar-refractivity contribution in [1.82, 2.24) is 10.1 Å². The Morgan fingerprint density at radius 2 is 2.09 bits per heavy atom. The first kappa shape index (κ1) is 15.2. The molecule has 2 heterocycles. The Balaban J connectivity index is 1.64. The van der Waals surface area contributed by atoms with Crippen molar-refractivity contribution in [2.45, 2.75) is 26.0 Å². The summed E-state index contributed by atoms with van der Waals surface area (Å²) in [4.78, 5) is 2.14. The van der Waals surface area contributed by atoms with Crippen LogP contribution in [0.1, 0.15) is 17.7 Å². The van der Waals surface area contributed by atoms with Crippen LogP contribution in [0.25, 0.3) is 11.3 Å². The number of likely N-dealkylation sites (tertiary alicyclic amines) is 1. The second kappa shape index (κ2) is 6.60. The highest BCUT2D eigenvalue weighted by Crippen LogP contribution is 2.23. The highest BCUT2D eigenvalue weighted by molar-refractivity contribution is 5.59. The average molecular weight is 302 g/mol. The van der Waals surface area contributed by atoms with E-state index >= 15 is 0 Å². The fourth-order valence-electron chi connectivity index (χ4n) is 2.87. The smallest absolute Gasteiger partial charge is 0.151 e. The number of piperidine rings is 1. The first-order valence-corrected chi connectivity index (χ1v) is 7.69. The normalized spacial score (nSPS) is 22.9. The van der Waals surface area contributed by atoms with Crippen LogP contribution >= 0.6 is 0 Å². The van der Waals surface area contributed by atoms with Crippen molar-refractivity contribution in [2.24, 2.45) is 5.92 Å². The van der Waals surface area contributed by atoms with Crippen molar-refractivity contribution in [3.05, 3.63) is 41.7 Å². The molecule has 2 aromatic rings. The quantitative estimate of drug-likeness (QED) is 0.901. The zero-order valence-corrected chi connectivity index (χ0v) is 12.8. The first-order valence-electron chi connectivity index (χ1n) is 7.69. The number of benzene rings is 1. The van der Waals surface area contributed by atoms with Gasteiger partial charge in [-0.1, -0.05) is 35.0 Å². The Hall–Kier alpha value is -1.69. The molecule has 3 rings (SSSR count). The van der Waals surface area contributed by atoms with Crippen LogP contribution in [0.3, 0.4) is 0 Å². The minimum atomic E-state index is -0.474. The van der Waals surface area contributed by atoms with Crippen molar-refractivity contribution >= 4 is 0 Å². The Bertz CT molecular complexity index is 609. The van der Waals surface area contributed by atoms with E-state index in [1.54, 1.807) is 0 Å². The number of β-amino-alcohol motifs (C(OH)–C–C–N with tert-alkyl or cyclic N) is 1. The molecule has 2 atom stereocenters. The maximum Gasteiger partial charge on any atom is 0.151 e. The zero-order chi connectivity index (χ0) is 15.5. The number of aliphatic hydroxyl groups excluding tert-OH is 2. The van der Waals surface area contributed by atoms with Gasteiger partial charge >= 0.3 is 0 Å². The van der Waals surface area contributed by atoms with E-state index < -0.39 is 6.10 Å². The van der Waals surface area contributed by atoms with Crippen LogP contribution in [0.2, 0.25) is 0 Å². The van der Waals surface area contributed by atoms with E-state index in [-0.39, 0.29) is 12.5 Å². The SMILES string of the molecule is Cc1ccc(-c2cc(CN3CCC(CO)C(O)C3)on2)cc1. The van der Waals surface area contributed by atoms with E-state index in [9.17, 15) is 10.2 Å². The number of aryl methyl sites for hydroxylation is 1. The summed E-state index contributed by atoms with van der Waals surface area (Å²) in [6, 6.07) is 10.1. The molecule has 1 saturated heterocycles. The summed E-state index contributed by atoms with van der Waals surface area (Å²) in [5, 5.41) is 23.3. The molecule has 1 aliphatic heterocycles. The highest BCUT2D eigenvalue weighted by atomic mass is 16.5. The molecule has 22 heavy (non-hydrogen) atoms. The maximum absolute atomic E-state index is 9.98. The fourth-order valence-corrected chi connectivity index (χ4v) is 2.87. The molecule has 0 bridgehead atoms. The lowest BCUT2D eigenvalue weighted by Crippen LogP contribution is -2.44.